The second kappa shape index (κ2) is 4.17. The minimum absolute atomic E-state index is 0.593. The summed E-state index contributed by atoms with van der Waals surface area (Å²) in [7, 11) is 0. The van der Waals surface area contributed by atoms with Crippen LogP contribution < -0.4 is 10.5 Å². The number of hydrogen-bond acceptors (Lipinski definition) is 3. The van der Waals surface area contributed by atoms with Gasteiger partial charge in [0.1, 0.15) is 0 Å². The number of anilines is 1. The van der Waals surface area contributed by atoms with Crippen LogP contribution in [0, 0.1) is 5.92 Å². The Bertz CT molecular complexity index is 306. The Balaban J connectivity index is 1.92. The maximum absolute atomic E-state index is 5.74. The molecule has 1 fully saturated rings. The third-order valence-corrected chi connectivity index (χ3v) is 2.91. The van der Waals surface area contributed by atoms with Crippen molar-refractivity contribution in [1.82, 2.24) is 4.98 Å². The molecule has 0 amide bonds. The normalized spacial score (nSPS) is 15.5. The molecule has 3 nitrogen and oxygen atoms in total. The van der Waals surface area contributed by atoms with Crippen LogP contribution in [0.1, 0.15) is 19.3 Å². The second-order valence-corrected chi connectivity index (χ2v) is 4.47. The predicted molar refractivity (Wildman–Crippen MR) is 59.2 cm³/mol. The molecule has 1 aliphatic carbocycles. The van der Waals surface area contributed by atoms with Crippen molar-refractivity contribution in [3.05, 3.63) is 16.9 Å². The van der Waals surface area contributed by atoms with Crippen LogP contribution in [0.25, 0.3) is 0 Å². The predicted octanol–water partition coefficient (Wildman–Crippen LogP) is 2.61. The lowest BCUT2D eigenvalue weighted by molar-refractivity contribution is 0.302. The highest BCUT2D eigenvalue weighted by Crippen LogP contribution is 2.34. The van der Waals surface area contributed by atoms with Crippen LogP contribution in [-0.2, 0) is 0 Å². The lowest BCUT2D eigenvalue weighted by atomic mass is 10.3. The summed E-state index contributed by atoms with van der Waals surface area (Å²) in [5, 5.41) is 0. The molecule has 1 aromatic heterocycles. The Hall–Kier alpha value is -0.770. The zero-order chi connectivity index (χ0) is 9.97. The third kappa shape index (κ3) is 2.38. The van der Waals surface area contributed by atoms with Crippen molar-refractivity contribution in [2.45, 2.75) is 19.3 Å². The van der Waals surface area contributed by atoms with Gasteiger partial charge in [0.25, 0.3) is 0 Å². The zero-order valence-electron chi connectivity index (χ0n) is 7.87. The molecule has 0 bridgehead atoms. The van der Waals surface area contributed by atoms with Crippen molar-refractivity contribution < 1.29 is 4.74 Å². The number of aromatic nitrogens is 1. The zero-order valence-corrected chi connectivity index (χ0v) is 9.46. The highest BCUT2D eigenvalue weighted by atomic mass is 79.9. The first kappa shape index (κ1) is 9.77. The van der Waals surface area contributed by atoms with E-state index in [0.29, 0.717) is 5.69 Å². The summed E-state index contributed by atoms with van der Waals surface area (Å²) in [6, 6.07) is 0. The van der Waals surface area contributed by atoms with Crippen LogP contribution in [0.2, 0.25) is 0 Å². The Labute approximate surface area is 91.8 Å². The lowest BCUT2D eigenvalue weighted by Gasteiger charge is -2.09. The molecule has 0 aliphatic heterocycles. The van der Waals surface area contributed by atoms with Crippen molar-refractivity contribution >= 4 is 21.6 Å². The van der Waals surface area contributed by atoms with E-state index in [1.807, 2.05) is 0 Å². The quantitative estimate of drug-likeness (QED) is 0.901. The van der Waals surface area contributed by atoms with Gasteiger partial charge in [0.15, 0.2) is 5.75 Å². The van der Waals surface area contributed by atoms with E-state index in [1.54, 1.807) is 12.4 Å². The molecular formula is C10H13BrN2O. The SMILES string of the molecule is Nc1cncc(Br)c1OCCC1CC1. The van der Waals surface area contributed by atoms with Crippen molar-refractivity contribution in [3.8, 4) is 5.75 Å². The minimum atomic E-state index is 0.593. The fourth-order valence-corrected chi connectivity index (χ4v) is 1.79. The van der Waals surface area contributed by atoms with Gasteiger partial charge in [-0.1, -0.05) is 12.8 Å². The average Bonchev–Trinajstić information content (AvgIpc) is 2.94. The van der Waals surface area contributed by atoms with Gasteiger partial charge in [0.05, 0.1) is 23.0 Å². The van der Waals surface area contributed by atoms with E-state index in [1.165, 1.54) is 12.8 Å². The highest BCUT2D eigenvalue weighted by Gasteiger charge is 2.21. The fourth-order valence-electron chi connectivity index (χ4n) is 1.32. The van der Waals surface area contributed by atoms with E-state index in [-0.39, 0.29) is 0 Å². The van der Waals surface area contributed by atoms with Gasteiger partial charge in [-0.25, -0.2) is 0 Å². The summed E-state index contributed by atoms with van der Waals surface area (Å²) in [5.74, 6) is 1.61. The number of ether oxygens (including phenoxy) is 1. The molecule has 2 rings (SSSR count). The summed E-state index contributed by atoms with van der Waals surface area (Å²) < 4.78 is 6.43. The maximum Gasteiger partial charge on any atom is 0.159 e. The largest absolute Gasteiger partial charge is 0.490 e. The standard InChI is InChI=1S/C10H13BrN2O/c11-8-5-13-6-9(12)10(8)14-4-3-7-1-2-7/h5-7H,1-4,12H2. The van der Waals surface area contributed by atoms with Gasteiger partial charge in [-0.15, -0.1) is 0 Å². The number of rotatable bonds is 4. The number of hydrogen-bond donors (Lipinski definition) is 1. The molecule has 1 aromatic rings. The van der Waals surface area contributed by atoms with Gasteiger partial charge >= 0.3 is 0 Å². The Morgan fingerprint density at radius 3 is 2.93 bits per heavy atom. The lowest BCUT2D eigenvalue weighted by Crippen LogP contribution is -2.02. The van der Waals surface area contributed by atoms with Crippen LogP contribution in [0.5, 0.6) is 5.75 Å². The Morgan fingerprint density at radius 2 is 2.29 bits per heavy atom. The molecule has 0 radical (unpaired) electrons. The number of nitrogens with zero attached hydrogens (tertiary/aromatic N) is 1. The average molecular weight is 257 g/mol. The summed E-state index contributed by atoms with van der Waals surface area (Å²) in [5.41, 5.74) is 6.33. The minimum Gasteiger partial charge on any atom is -0.490 e. The van der Waals surface area contributed by atoms with E-state index >= 15 is 0 Å². The molecule has 2 N–H and O–H groups in total. The third-order valence-electron chi connectivity index (χ3n) is 2.35. The molecule has 0 atom stereocenters. The number of pyridine rings is 1. The molecule has 4 heteroatoms. The van der Waals surface area contributed by atoms with Crippen LogP contribution in [0.4, 0.5) is 5.69 Å². The molecule has 1 saturated carbocycles. The number of nitrogen functional groups attached to an aromatic ring is 1. The van der Waals surface area contributed by atoms with E-state index in [4.69, 9.17) is 10.5 Å². The number of halogens is 1. The molecule has 0 unspecified atom stereocenters. The smallest absolute Gasteiger partial charge is 0.159 e. The first-order valence-electron chi connectivity index (χ1n) is 4.79. The van der Waals surface area contributed by atoms with Crippen LogP contribution in [0.3, 0.4) is 0 Å². The van der Waals surface area contributed by atoms with E-state index in [2.05, 4.69) is 20.9 Å². The number of nitrogens with two attached hydrogens (primary N) is 1. The van der Waals surface area contributed by atoms with Crippen LogP contribution in [-0.4, -0.2) is 11.6 Å². The van der Waals surface area contributed by atoms with Gasteiger partial charge in [0.2, 0.25) is 0 Å². The van der Waals surface area contributed by atoms with Crippen molar-refractivity contribution in [2.24, 2.45) is 5.92 Å². The Kier molecular flexibility index (Phi) is 2.91. The molecular weight excluding hydrogens is 244 g/mol. The van der Waals surface area contributed by atoms with E-state index in [0.717, 1.165) is 29.2 Å². The van der Waals surface area contributed by atoms with Gasteiger partial charge in [-0.05, 0) is 28.3 Å². The molecule has 76 valence electrons. The fraction of sp³-hybridized carbons (Fsp3) is 0.500. The molecule has 14 heavy (non-hydrogen) atoms. The first-order chi connectivity index (χ1) is 6.77. The topological polar surface area (TPSA) is 48.1 Å². The molecule has 1 aliphatic rings. The monoisotopic (exact) mass is 256 g/mol. The Morgan fingerprint density at radius 1 is 1.50 bits per heavy atom. The molecule has 0 spiro atoms. The summed E-state index contributed by atoms with van der Waals surface area (Å²) in [6.45, 7) is 0.747. The van der Waals surface area contributed by atoms with Gasteiger partial charge in [-0.2, -0.15) is 0 Å². The van der Waals surface area contributed by atoms with Crippen molar-refractivity contribution in [3.63, 3.8) is 0 Å². The van der Waals surface area contributed by atoms with Crippen molar-refractivity contribution in [2.75, 3.05) is 12.3 Å². The molecule has 0 saturated heterocycles. The highest BCUT2D eigenvalue weighted by molar-refractivity contribution is 9.10. The summed E-state index contributed by atoms with van der Waals surface area (Å²) >= 11 is 3.36. The maximum atomic E-state index is 5.74. The summed E-state index contributed by atoms with van der Waals surface area (Å²) in [6.07, 6.45) is 7.15. The van der Waals surface area contributed by atoms with Gasteiger partial charge in [-0.3, -0.25) is 4.98 Å². The van der Waals surface area contributed by atoms with Gasteiger partial charge < -0.3 is 10.5 Å². The van der Waals surface area contributed by atoms with Crippen LogP contribution in [0.15, 0.2) is 16.9 Å². The molecule has 1 heterocycles. The molecule has 0 aromatic carbocycles. The van der Waals surface area contributed by atoms with Crippen molar-refractivity contribution in [1.29, 1.82) is 0 Å². The van der Waals surface area contributed by atoms with Gasteiger partial charge in [0, 0.05) is 6.20 Å². The van der Waals surface area contributed by atoms with E-state index < -0.39 is 0 Å². The van der Waals surface area contributed by atoms with Crippen LogP contribution >= 0.6 is 15.9 Å². The summed E-state index contributed by atoms with van der Waals surface area (Å²) in [4.78, 5) is 3.95. The second-order valence-electron chi connectivity index (χ2n) is 3.62. The first-order valence-corrected chi connectivity index (χ1v) is 5.58. The van der Waals surface area contributed by atoms with E-state index in [9.17, 15) is 0 Å².